The van der Waals surface area contributed by atoms with E-state index in [0.717, 1.165) is 13.0 Å². The summed E-state index contributed by atoms with van der Waals surface area (Å²) in [6.45, 7) is 3.34. The van der Waals surface area contributed by atoms with Crippen LogP contribution in [-0.4, -0.2) is 34.1 Å². The standard InChI is InChI=1S/C13H17N5O2/c1-2-5-14-11-8-10(3-6-15-11)13(19)16-7-4-12-17-9-18-20-12/h3,6,8-9H,2,4-5,7H2,1H3,(H,14,15)(H,16,19). The first-order valence-electron chi connectivity index (χ1n) is 6.53. The molecule has 0 unspecified atom stereocenters. The van der Waals surface area contributed by atoms with Gasteiger partial charge in [-0.15, -0.1) is 0 Å². The van der Waals surface area contributed by atoms with Crippen LogP contribution >= 0.6 is 0 Å². The zero-order chi connectivity index (χ0) is 14.2. The highest BCUT2D eigenvalue weighted by Gasteiger charge is 2.07. The monoisotopic (exact) mass is 275 g/mol. The van der Waals surface area contributed by atoms with E-state index in [9.17, 15) is 4.79 Å². The van der Waals surface area contributed by atoms with Crippen molar-refractivity contribution in [2.24, 2.45) is 0 Å². The Hall–Kier alpha value is -2.44. The maximum Gasteiger partial charge on any atom is 0.251 e. The molecule has 7 nitrogen and oxygen atoms in total. The molecule has 0 atom stereocenters. The van der Waals surface area contributed by atoms with E-state index in [-0.39, 0.29) is 5.91 Å². The Morgan fingerprint density at radius 2 is 2.25 bits per heavy atom. The fourth-order valence-electron chi connectivity index (χ4n) is 1.61. The number of pyridine rings is 1. The van der Waals surface area contributed by atoms with Crippen LogP contribution in [0.15, 0.2) is 29.2 Å². The zero-order valence-corrected chi connectivity index (χ0v) is 11.3. The molecule has 0 saturated heterocycles. The summed E-state index contributed by atoms with van der Waals surface area (Å²) in [6.07, 6.45) is 4.47. The van der Waals surface area contributed by atoms with Gasteiger partial charge in [0.15, 0.2) is 6.33 Å². The Bertz CT molecular complexity index is 541. The number of nitrogens with one attached hydrogen (secondary N) is 2. The predicted molar refractivity (Wildman–Crippen MR) is 73.4 cm³/mol. The van der Waals surface area contributed by atoms with Gasteiger partial charge in [0.25, 0.3) is 5.91 Å². The average molecular weight is 275 g/mol. The fraction of sp³-hybridized carbons (Fsp3) is 0.385. The van der Waals surface area contributed by atoms with E-state index in [1.807, 2.05) is 0 Å². The van der Waals surface area contributed by atoms with Crippen molar-refractivity contribution < 1.29 is 9.32 Å². The third kappa shape index (κ3) is 4.04. The van der Waals surface area contributed by atoms with Gasteiger partial charge < -0.3 is 15.2 Å². The van der Waals surface area contributed by atoms with Crippen LogP contribution < -0.4 is 10.6 Å². The minimum atomic E-state index is -0.147. The van der Waals surface area contributed by atoms with Gasteiger partial charge in [0.2, 0.25) is 5.89 Å². The van der Waals surface area contributed by atoms with Gasteiger partial charge in [-0.3, -0.25) is 4.79 Å². The molecule has 0 radical (unpaired) electrons. The van der Waals surface area contributed by atoms with Crippen LogP contribution in [0.1, 0.15) is 29.6 Å². The number of nitrogens with zero attached hydrogens (tertiary/aromatic N) is 3. The molecule has 2 rings (SSSR count). The van der Waals surface area contributed by atoms with E-state index in [1.54, 1.807) is 18.3 Å². The van der Waals surface area contributed by atoms with Crippen molar-refractivity contribution in [1.82, 2.24) is 20.4 Å². The van der Waals surface area contributed by atoms with E-state index >= 15 is 0 Å². The van der Waals surface area contributed by atoms with Crippen LogP contribution in [0.3, 0.4) is 0 Å². The molecule has 2 N–H and O–H groups in total. The van der Waals surface area contributed by atoms with E-state index in [1.165, 1.54) is 6.33 Å². The summed E-state index contributed by atoms with van der Waals surface area (Å²) in [5, 5.41) is 9.44. The van der Waals surface area contributed by atoms with Crippen LogP contribution in [0.25, 0.3) is 0 Å². The molecule has 0 saturated carbocycles. The summed E-state index contributed by atoms with van der Waals surface area (Å²) in [5.74, 6) is 1.06. The highest BCUT2D eigenvalue weighted by molar-refractivity contribution is 5.94. The summed E-state index contributed by atoms with van der Waals surface area (Å²) in [5.41, 5.74) is 0.573. The first kappa shape index (κ1) is 14.0. The van der Waals surface area contributed by atoms with Crippen molar-refractivity contribution in [2.75, 3.05) is 18.4 Å². The van der Waals surface area contributed by atoms with Crippen molar-refractivity contribution >= 4 is 11.7 Å². The first-order valence-corrected chi connectivity index (χ1v) is 6.53. The van der Waals surface area contributed by atoms with Crippen molar-refractivity contribution in [1.29, 1.82) is 0 Å². The predicted octanol–water partition coefficient (Wildman–Crippen LogP) is 1.26. The van der Waals surface area contributed by atoms with E-state index in [0.29, 0.717) is 30.2 Å². The third-order valence-corrected chi connectivity index (χ3v) is 2.61. The fourth-order valence-corrected chi connectivity index (χ4v) is 1.61. The molecular formula is C13H17N5O2. The zero-order valence-electron chi connectivity index (χ0n) is 11.3. The van der Waals surface area contributed by atoms with Crippen LogP contribution in [0.4, 0.5) is 5.82 Å². The summed E-state index contributed by atoms with van der Waals surface area (Å²) in [4.78, 5) is 20.0. The molecule has 0 spiro atoms. The molecule has 106 valence electrons. The summed E-state index contributed by atoms with van der Waals surface area (Å²) < 4.78 is 4.85. The molecular weight excluding hydrogens is 258 g/mol. The summed E-state index contributed by atoms with van der Waals surface area (Å²) in [7, 11) is 0. The molecule has 20 heavy (non-hydrogen) atoms. The number of rotatable bonds is 7. The lowest BCUT2D eigenvalue weighted by atomic mass is 10.2. The molecule has 2 aromatic heterocycles. The van der Waals surface area contributed by atoms with Crippen molar-refractivity contribution in [3.63, 3.8) is 0 Å². The van der Waals surface area contributed by atoms with Crippen molar-refractivity contribution in [3.05, 3.63) is 36.1 Å². The SMILES string of the molecule is CCCNc1cc(C(=O)NCCc2ncno2)ccn1. The van der Waals surface area contributed by atoms with Gasteiger partial charge in [0.05, 0.1) is 0 Å². The summed E-state index contributed by atoms with van der Waals surface area (Å²) >= 11 is 0. The molecule has 2 heterocycles. The Morgan fingerprint density at radius 1 is 1.35 bits per heavy atom. The van der Waals surface area contributed by atoms with Crippen LogP contribution in [0.2, 0.25) is 0 Å². The molecule has 1 amide bonds. The van der Waals surface area contributed by atoms with Gasteiger partial charge in [-0.05, 0) is 18.6 Å². The Balaban J connectivity index is 1.85. The quantitative estimate of drug-likeness (QED) is 0.790. The topological polar surface area (TPSA) is 92.9 Å². The first-order chi connectivity index (χ1) is 9.79. The van der Waals surface area contributed by atoms with Crippen molar-refractivity contribution in [2.45, 2.75) is 19.8 Å². The van der Waals surface area contributed by atoms with Gasteiger partial charge >= 0.3 is 0 Å². The Kier molecular flexibility index (Phi) is 5.05. The minimum Gasteiger partial charge on any atom is -0.370 e. The van der Waals surface area contributed by atoms with Crippen LogP contribution in [0, 0.1) is 0 Å². The van der Waals surface area contributed by atoms with Gasteiger partial charge in [-0.1, -0.05) is 12.1 Å². The normalized spacial score (nSPS) is 10.2. The largest absolute Gasteiger partial charge is 0.370 e. The number of carbonyl (C=O) groups excluding carboxylic acids is 1. The molecule has 0 bridgehead atoms. The number of carbonyl (C=O) groups is 1. The minimum absolute atomic E-state index is 0.147. The van der Waals surface area contributed by atoms with Gasteiger partial charge in [-0.25, -0.2) is 4.98 Å². The van der Waals surface area contributed by atoms with E-state index in [4.69, 9.17) is 4.52 Å². The number of hydrogen-bond acceptors (Lipinski definition) is 6. The van der Waals surface area contributed by atoms with E-state index in [2.05, 4.69) is 32.7 Å². The smallest absolute Gasteiger partial charge is 0.251 e. The number of anilines is 1. The average Bonchev–Trinajstić information content (AvgIpc) is 2.98. The summed E-state index contributed by atoms with van der Waals surface area (Å²) in [6, 6.07) is 3.41. The molecule has 0 fully saturated rings. The Labute approximate surface area is 116 Å². The van der Waals surface area contributed by atoms with Gasteiger partial charge in [0.1, 0.15) is 5.82 Å². The number of aromatic nitrogens is 3. The van der Waals surface area contributed by atoms with Gasteiger partial charge in [0, 0.05) is 31.3 Å². The maximum absolute atomic E-state index is 12.0. The third-order valence-electron chi connectivity index (χ3n) is 2.61. The van der Waals surface area contributed by atoms with E-state index < -0.39 is 0 Å². The van der Waals surface area contributed by atoms with Crippen LogP contribution in [0.5, 0.6) is 0 Å². The molecule has 7 heteroatoms. The Morgan fingerprint density at radius 3 is 3.00 bits per heavy atom. The number of amides is 1. The highest BCUT2D eigenvalue weighted by Crippen LogP contribution is 2.06. The highest BCUT2D eigenvalue weighted by atomic mass is 16.5. The molecule has 0 aliphatic carbocycles. The second kappa shape index (κ2) is 7.22. The van der Waals surface area contributed by atoms with Gasteiger partial charge in [-0.2, -0.15) is 4.98 Å². The second-order valence-corrected chi connectivity index (χ2v) is 4.20. The van der Waals surface area contributed by atoms with Crippen LogP contribution in [-0.2, 0) is 6.42 Å². The maximum atomic E-state index is 12.0. The lowest BCUT2D eigenvalue weighted by Crippen LogP contribution is -2.25. The molecule has 0 aromatic carbocycles. The van der Waals surface area contributed by atoms with Crippen molar-refractivity contribution in [3.8, 4) is 0 Å². The lowest BCUT2D eigenvalue weighted by Gasteiger charge is -2.06. The molecule has 0 aliphatic heterocycles. The molecule has 0 aliphatic rings. The second-order valence-electron chi connectivity index (χ2n) is 4.20. The molecule has 2 aromatic rings. The lowest BCUT2D eigenvalue weighted by molar-refractivity contribution is 0.0953. The number of hydrogen-bond donors (Lipinski definition) is 2.